The van der Waals surface area contributed by atoms with Crippen LogP contribution >= 0.6 is 0 Å². The number of esters is 2. The normalized spacial score (nSPS) is 40.5. The average molecular weight is 863 g/mol. The first-order chi connectivity index (χ1) is 28.7. The number of hydrogen-bond donors (Lipinski definition) is 5. The largest absolute Gasteiger partial charge is 0.456 e. The summed E-state index contributed by atoms with van der Waals surface area (Å²) in [5.74, 6) is -1.30. The van der Waals surface area contributed by atoms with Gasteiger partial charge in [0.2, 0.25) is 0 Å². The van der Waals surface area contributed by atoms with E-state index < -0.39 is 97.1 Å². The smallest absolute Gasteiger partial charge is 0.336 e. The summed E-state index contributed by atoms with van der Waals surface area (Å²) in [6, 6.07) is 0. The van der Waals surface area contributed by atoms with Gasteiger partial charge in [-0.15, -0.1) is 0 Å². The Hall–Kier alpha value is -2.76. The summed E-state index contributed by atoms with van der Waals surface area (Å²) < 4.78 is 42.1. The highest BCUT2D eigenvalue weighted by Gasteiger charge is 2.52. The van der Waals surface area contributed by atoms with Gasteiger partial charge in [0.15, 0.2) is 18.7 Å². The molecule has 1 aliphatic carbocycles. The molecule has 3 aliphatic heterocycles. The fraction of sp³-hybridized carbons (Fsp3) is 0.745. The Balaban J connectivity index is 1.75. The van der Waals surface area contributed by atoms with Crippen LogP contribution in [-0.2, 0) is 42.7 Å². The molecule has 4 rings (SSSR count). The molecule has 5 N–H and O–H groups in total. The van der Waals surface area contributed by atoms with Crippen LogP contribution in [-0.4, -0.2) is 130 Å². The first kappa shape index (κ1) is 50.9. The van der Waals surface area contributed by atoms with Crippen LogP contribution in [0.1, 0.15) is 108 Å². The van der Waals surface area contributed by atoms with Crippen molar-refractivity contribution in [3.63, 3.8) is 0 Å². The molecule has 0 amide bonds. The Morgan fingerprint density at radius 1 is 0.967 bits per heavy atom. The van der Waals surface area contributed by atoms with Crippen molar-refractivity contribution in [3.05, 3.63) is 58.7 Å². The molecular weight excluding hydrogens is 789 g/mol. The molecule has 2 saturated heterocycles. The van der Waals surface area contributed by atoms with Gasteiger partial charge in [-0.25, -0.2) is 4.79 Å². The molecule has 0 bridgehead atoms. The number of carbonyl (C=O) groups is 2. The van der Waals surface area contributed by atoms with Gasteiger partial charge in [0.1, 0.15) is 36.6 Å². The lowest BCUT2D eigenvalue weighted by molar-refractivity contribution is -0.333. The van der Waals surface area contributed by atoms with E-state index in [4.69, 9.17) is 33.2 Å². The average Bonchev–Trinajstić information content (AvgIpc) is 3.17. The Bertz CT molecular complexity index is 1610. The first-order valence-electron chi connectivity index (χ1n) is 22.0. The molecule has 14 heteroatoms. The minimum Gasteiger partial charge on any atom is -0.456 e. The number of methoxy groups -OCH3 is 1. The third-order valence-corrected chi connectivity index (χ3v) is 12.6. The molecule has 0 aromatic heterocycles. The van der Waals surface area contributed by atoms with E-state index in [0.29, 0.717) is 18.8 Å². The van der Waals surface area contributed by atoms with Crippen molar-refractivity contribution in [2.24, 2.45) is 23.7 Å². The van der Waals surface area contributed by atoms with E-state index in [9.17, 15) is 35.1 Å². The number of hydrogen-bond acceptors (Lipinski definition) is 14. The van der Waals surface area contributed by atoms with Crippen molar-refractivity contribution in [2.75, 3.05) is 13.7 Å². The summed E-state index contributed by atoms with van der Waals surface area (Å²) in [4.78, 5) is 26.8. The van der Waals surface area contributed by atoms with Crippen molar-refractivity contribution in [2.45, 2.75) is 187 Å². The van der Waals surface area contributed by atoms with Gasteiger partial charge in [0, 0.05) is 19.4 Å². The summed E-state index contributed by atoms with van der Waals surface area (Å²) in [6.07, 6.45) is 3.18. The lowest BCUT2D eigenvalue weighted by Gasteiger charge is -2.47. The summed E-state index contributed by atoms with van der Waals surface area (Å²) >= 11 is 0. The van der Waals surface area contributed by atoms with E-state index in [1.807, 2.05) is 32.1 Å². The van der Waals surface area contributed by atoms with Gasteiger partial charge >= 0.3 is 11.9 Å². The van der Waals surface area contributed by atoms with Gasteiger partial charge < -0.3 is 58.7 Å². The molecule has 4 aliphatic rings. The SMILES string of the molecule is CCC1/C=C(\C)C(C2CCC2)C/C=C/C=C(\COC2OC(C)C(O)C(O)C2OC)C(=O)OC(C(C)O)C/C=C(C)/C=C(\C)C1OC1OC(C)(C)C(O)C(O)C1OC(=O)C(C)C. The molecule has 0 radical (unpaired) electrons. The second-order valence-corrected chi connectivity index (χ2v) is 18.2. The molecule has 14 nitrogen and oxygen atoms in total. The molecule has 1 saturated carbocycles. The van der Waals surface area contributed by atoms with Crippen molar-refractivity contribution in [1.29, 1.82) is 0 Å². The van der Waals surface area contributed by atoms with Gasteiger partial charge in [-0.3, -0.25) is 4.79 Å². The lowest BCUT2D eigenvalue weighted by Crippen LogP contribution is -2.64. The van der Waals surface area contributed by atoms with Crippen LogP contribution in [0, 0.1) is 23.7 Å². The zero-order valence-corrected chi connectivity index (χ0v) is 38.1. The Morgan fingerprint density at radius 3 is 2.25 bits per heavy atom. The van der Waals surface area contributed by atoms with E-state index in [1.165, 1.54) is 12.7 Å². The molecule has 0 spiro atoms. The van der Waals surface area contributed by atoms with Crippen LogP contribution in [0.3, 0.4) is 0 Å². The zero-order chi connectivity index (χ0) is 45.3. The maximum absolute atomic E-state index is 13.8. The Kier molecular flexibility index (Phi) is 19.0. The third kappa shape index (κ3) is 13.2. The van der Waals surface area contributed by atoms with E-state index in [-0.39, 0.29) is 30.4 Å². The maximum Gasteiger partial charge on any atom is 0.336 e. The summed E-state index contributed by atoms with van der Waals surface area (Å²) in [5.41, 5.74) is 1.74. The summed E-state index contributed by atoms with van der Waals surface area (Å²) in [6.45, 7) is 17.7. The van der Waals surface area contributed by atoms with Gasteiger partial charge in [0.25, 0.3) is 0 Å². The van der Waals surface area contributed by atoms with E-state index in [2.05, 4.69) is 19.9 Å². The minimum atomic E-state index is -1.47. The predicted octanol–water partition coefficient (Wildman–Crippen LogP) is 5.14. The molecule has 346 valence electrons. The van der Waals surface area contributed by atoms with Crippen LogP contribution in [0.2, 0.25) is 0 Å². The van der Waals surface area contributed by atoms with E-state index in [0.717, 1.165) is 30.4 Å². The van der Waals surface area contributed by atoms with Crippen LogP contribution in [0.15, 0.2) is 58.7 Å². The molecule has 3 heterocycles. The number of allylic oxidation sites excluding steroid dienone is 6. The number of ether oxygens (including phenoxy) is 7. The number of cyclic esters (lactones) is 1. The van der Waals surface area contributed by atoms with Crippen LogP contribution in [0.25, 0.3) is 0 Å². The van der Waals surface area contributed by atoms with Gasteiger partial charge in [0.05, 0.1) is 42.0 Å². The number of aliphatic hydroxyl groups excluding tert-OH is 5. The highest BCUT2D eigenvalue weighted by molar-refractivity contribution is 5.89. The summed E-state index contributed by atoms with van der Waals surface area (Å²) in [5, 5.41) is 54.1. The van der Waals surface area contributed by atoms with Crippen molar-refractivity contribution >= 4 is 11.9 Å². The number of aliphatic hydroxyl groups is 5. The molecular formula is C47H74O14. The van der Waals surface area contributed by atoms with Gasteiger partial charge in [-0.2, -0.15) is 0 Å². The van der Waals surface area contributed by atoms with E-state index >= 15 is 0 Å². The number of rotatable bonds is 11. The molecule has 14 atom stereocenters. The monoisotopic (exact) mass is 863 g/mol. The predicted molar refractivity (Wildman–Crippen MR) is 228 cm³/mol. The summed E-state index contributed by atoms with van der Waals surface area (Å²) in [7, 11) is 1.37. The van der Waals surface area contributed by atoms with Crippen LogP contribution in [0.5, 0.6) is 0 Å². The maximum atomic E-state index is 13.8. The molecule has 0 aromatic carbocycles. The molecule has 0 aromatic rings. The fourth-order valence-electron chi connectivity index (χ4n) is 8.35. The van der Waals surface area contributed by atoms with Crippen LogP contribution in [0.4, 0.5) is 0 Å². The zero-order valence-electron chi connectivity index (χ0n) is 38.1. The molecule has 61 heavy (non-hydrogen) atoms. The Morgan fingerprint density at radius 2 is 1.66 bits per heavy atom. The standard InChI is InChI=1S/C47H74O14/c1-12-31-23-27(5)34(32-17-15-18-32)19-14-13-16-33(24-56-45-40(55-11)37(50)36(49)30(8)57-45)44(54)58-35(29(7)48)21-20-26(4)22-28(6)39(31)60-46-41(59-43(53)25(2)3)38(51)42(52)47(9,10)61-46/h13-14,16,20,22-23,25,29-32,34-42,45-46,48-52H,12,15,17-19,21,24H2,1-11H3/b14-13+,26-20+,27-23+,28-22+,33-16+. The lowest BCUT2D eigenvalue weighted by atomic mass is 9.71. The number of carbonyl (C=O) groups excluding carboxylic acids is 2. The Labute approximate surface area is 362 Å². The van der Waals surface area contributed by atoms with Crippen molar-refractivity contribution < 1.29 is 68.3 Å². The fourth-order valence-corrected chi connectivity index (χ4v) is 8.35. The topological polar surface area (TPSA) is 200 Å². The van der Waals surface area contributed by atoms with Gasteiger partial charge in [-0.1, -0.05) is 68.7 Å². The first-order valence-corrected chi connectivity index (χ1v) is 22.0. The third-order valence-electron chi connectivity index (χ3n) is 12.6. The highest BCUT2D eigenvalue weighted by atomic mass is 16.7. The molecule has 14 unspecified atom stereocenters. The van der Waals surface area contributed by atoms with E-state index in [1.54, 1.807) is 53.7 Å². The van der Waals surface area contributed by atoms with Crippen LogP contribution < -0.4 is 0 Å². The second kappa shape index (κ2) is 22.7. The van der Waals surface area contributed by atoms with Gasteiger partial charge in [-0.05, 0) is 97.6 Å². The second-order valence-electron chi connectivity index (χ2n) is 18.2. The molecule has 3 fully saturated rings. The highest BCUT2D eigenvalue weighted by Crippen LogP contribution is 2.41. The quantitative estimate of drug-likeness (QED) is 0.135. The minimum absolute atomic E-state index is 0.160. The van der Waals surface area contributed by atoms with Crippen molar-refractivity contribution in [1.82, 2.24) is 0 Å². The van der Waals surface area contributed by atoms with Crippen molar-refractivity contribution in [3.8, 4) is 0 Å².